The second kappa shape index (κ2) is 6.22. The molecule has 0 amide bonds. The number of rotatable bonds is 4. The first-order valence-electron chi connectivity index (χ1n) is 6.55. The van der Waals surface area contributed by atoms with Crippen molar-refractivity contribution in [3.05, 3.63) is 58.9 Å². The van der Waals surface area contributed by atoms with Crippen molar-refractivity contribution in [3.63, 3.8) is 0 Å². The van der Waals surface area contributed by atoms with Crippen LogP contribution >= 0.6 is 0 Å². The SMILES string of the molecule is [O-][NH+](O)c1cccc(-c2nnc(-c3cccc([NH+]([O-])O)c3)o2)c1. The normalized spacial score (nSPS) is 13.7. The van der Waals surface area contributed by atoms with Gasteiger partial charge in [-0.2, -0.15) is 10.5 Å². The highest BCUT2D eigenvalue weighted by molar-refractivity contribution is 5.61. The molecule has 0 bridgehead atoms. The number of nitrogens with one attached hydrogen (secondary N) is 2. The Morgan fingerprint density at radius 3 is 1.61 bits per heavy atom. The van der Waals surface area contributed by atoms with Crippen LogP contribution in [0.5, 0.6) is 0 Å². The summed E-state index contributed by atoms with van der Waals surface area (Å²) in [6, 6.07) is 12.2. The number of aromatic nitrogens is 2. The second-order valence-corrected chi connectivity index (χ2v) is 4.68. The fourth-order valence-electron chi connectivity index (χ4n) is 2.03. The molecule has 0 fully saturated rings. The van der Waals surface area contributed by atoms with E-state index >= 15 is 0 Å². The lowest BCUT2D eigenvalue weighted by atomic mass is 10.2. The molecule has 9 nitrogen and oxygen atoms in total. The summed E-state index contributed by atoms with van der Waals surface area (Å²) in [5.74, 6) is 0.313. The van der Waals surface area contributed by atoms with E-state index in [9.17, 15) is 10.4 Å². The zero-order chi connectivity index (χ0) is 16.4. The first-order chi connectivity index (χ1) is 11.0. The molecule has 2 unspecified atom stereocenters. The number of nitrogens with zero attached hydrogens (tertiary/aromatic N) is 2. The van der Waals surface area contributed by atoms with Crippen LogP contribution in [0.1, 0.15) is 0 Å². The average molecular weight is 316 g/mol. The summed E-state index contributed by atoms with van der Waals surface area (Å²) in [5.41, 5.74) is 1.15. The van der Waals surface area contributed by atoms with E-state index < -0.39 is 10.5 Å². The van der Waals surface area contributed by atoms with Gasteiger partial charge in [-0.3, -0.25) is 0 Å². The molecular weight excluding hydrogens is 304 g/mol. The Bertz CT molecular complexity index is 752. The summed E-state index contributed by atoms with van der Waals surface area (Å²) >= 11 is 0. The highest BCUT2D eigenvalue weighted by atomic mass is 16.8. The Labute approximate surface area is 129 Å². The van der Waals surface area contributed by atoms with Crippen molar-refractivity contribution in [2.24, 2.45) is 0 Å². The van der Waals surface area contributed by atoms with E-state index in [1.807, 2.05) is 0 Å². The largest absolute Gasteiger partial charge is 0.595 e. The predicted octanol–water partition coefficient (Wildman–Crippen LogP) is 0.210. The lowest BCUT2D eigenvalue weighted by Crippen LogP contribution is -2.99. The van der Waals surface area contributed by atoms with Crippen molar-refractivity contribution >= 4 is 11.4 Å². The monoisotopic (exact) mass is 316 g/mol. The lowest BCUT2D eigenvalue weighted by Gasteiger charge is -2.11. The van der Waals surface area contributed by atoms with Gasteiger partial charge < -0.3 is 14.8 Å². The van der Waals surface area contributed by atoms with Crippen molar-refractivity contribution < 1.29 is 25.3 Å². The van der Waals surface area contributed by atoms with Crippen LogP contribution in [0.15, 0.2) is 52.9 Å². The van der Waals surface area contributed by atoms with Crippen molar-refractivity contribution in [2.45, 2.75) is 0 Å². The van der Waals surface area contributed by atoms with E-state index in [1.54, 1.807) is 24.3 Å². The molecule has 2 atom stereocenters. The van der Waals surface area contributed by atoms with Crippen LogP contribution in [0, 0.1) is 10.4 Å². The highest BCUT2D eigenvalue weighted by Crippen LogP contribution is 2.25. The zero-order valence-electron chi connectivity index (χ0n) is 11.6. The maximum Gasteiger partial charge on any atom is 0.248 e. The Balaban J connectivity index is 1.94. The molecule has 1 aromatic heterocycles. The summed E-state index contributed by atoms with van der Waals surface area (Å²) in [7, 11) is 0. The minimum Gasteiger partial charge on any atom is -0.595 e. The van der Waals surface area contributed by atoms with Gasteiger partial charge in [0.05, 0.1) is 0 Å². The van der Waals surface area contributed by atoms with Crippen LogP contribution in [0.25, 0.3) is 22.9 Å². The van der Waals surface area contributed by atoms with Crippen molar-refractivity contribution in [3.8, 4) is 22.9 Å². The molecule has 0 aliphatic heterocycles. The Morgan fingerprint density at radius 2 is 1.22 bits per heavy atom. The first kappa shape index (κ1) is 15.2. The molecule has 2 aromatic carbocycles. The molecule has 9 heteroatoms. The minimum atomic E-state index is -1.05. The van der Waals surface area contributed by atoms with Gasteiger partial charge in [0.1, 0.15) is 0 Å². The molecular formula is C14H12N4O5. The van der Waals surface area contributed by atoms with Crippen LogP contribution in [0.3, 0.4) is 0 Å². The van der Waals surface area contributed by atoms with E-state index in [0.29, 0.717) is 11.1 Å². The molecule has 23 heavy (non-hydrogen) atoms. The Kier molecular flexibility index (Phi) is 4.12. The Hall–Kier alpha value is -2.66. The number of benzene rings is 2. The van der Waals surface area contributed by atoms with Crippen LogP contribution in [-0.4, -0.2) is 20.6 Å². The molecule has 3 aromatic rings. The van der Waals surface area contributed by atoms with Crippen molar-refractivity contribution in [1.29, 1.82) is 0 Å². The number of hydrogen-bond acceptors (Lipinski definition) is 7. The second-order valence-electron chi connectivity index (χ2n) is 4.68. The molecule has 0 aliphatic carbocycles. The van der Waals surface area contributed by atoms with E-state index in [1.165, 1.54) is 24.3 Å². The summed E-state index contributed by atoms with van der Waals surface area (Å²) in [6.45, 7) is 0. The quantitative estimate of drug-likeness (QED) is 0.505. The maximum absolute atomic E-state index is 11.0. The van der Waals surface area contributed by atoms with E-state index in [-0.39, 0.29) is 23.2 Å². The molecule has 1 heterocycles. The van der Waals surface area contributed by atoms with Crippen molar-refractivity contribution in [1.82, 2.24) is 10.2 Å². The third kappa shape index (κ3) is 3.24. The first-order valence-corrected chi connectivity index (χ1v) is 6.55. The standard InChI is InChI=1S/C14H12N4O5/c19-17(20)11-5-1-3-9(7-11)13-15-16-14(23-13)10-4-2-6-12(8-10)18(21)22/h1-8,17-19,21H. The zero-order valence-corrected chi connectivity index (χ0v) is 11.6. The summed E-state index contributed by atoms with van der Waals surface area (Å²) in [4.78, 5) is 0. The van der Waals surface area contributed by atoms with Gasteiger partial charge in [0.25, 0.3) is 0 Å². The number of hydrogen-bond donors (Lipinski definition) is 4. The van der Waals surface area contributed by atoms with Gasteiger partial charge in [-0.05, 0) is 12.1 Å². The Morgan fingerprint density at radius 1 is 0.783 bits per heavy atom. The van der Waals surface area contributed by atoms with Crippen LogP contribution < -0.4 is 10.5 Å². The smallest absolute Gasteiger partial charge is 0.248 e. The maximum atomic E-state index is 11.0. The third-order valence-corrected chi connectivity index (χ3v) is 3.14. The van der Waals surface area contributed by atoms with E-state index in [2.05, 4.69) is 10.2 Å². The molecule has 0 aliphatic rings. The molecule has 3 rings (SSSR count). The summed E-state index contributed by atoms with van der Waals surface area (Å²) in [6.07, 6.45) is 0. The van der Waals surface area contributed by atoms with Crippen molar-refractivity contribution in [2.75, 3.05) is 0 Å². The lowest BCUT2D eigenvalue weighted by molar-refractivity contribution is -0.991. The van der Waals surface area contributed by atoms with Gasteiger partial charge in [-0.1, -0.05) is 12.1 Å². The van der Waals surface area contributed by atoms with Crippen LogP contribution in [0.4, 0.5) is 11.4 Å². The topological polar surface area (TPSA) is 134 Å². The molecule has 4 N–H and O–H groups in total. The van der Waals surface area contributed by atoms with Gasteiger partial charge in [0.2, 0.25) is 11.8 Å². The fourth-order valence-corrected chi connectivity index (χ4v) is 2.03. The predicted molar refractivity (Wildman–Crippen MR) is 76.7 cm³/mol. The van der Waals surface area contributed by atoms with Crippen LogP contribution in [-0.2, 0) is 0 Å². The highest BCUT2D eigenvalue weighted by Gasteiger charge is 2.13. The summed E-state index contributed by atoms with van der Waals surface area (Å²) < 4.78 is 5.52. The van der Waals surface area contributed by atoms with Gasteiger partial charge >= 0.3 is 0 Å². The van der Waals surface area contributed by atoms with Gasteiger partial charge in [0.15, 0.2) is 11.4 Å². The number of quaternary nitrogens is 2. The molecule has 0 spiro atoms. The molecule has 0 saturated heterocycles. The van der Waals surface area contributed by atoms with Gasteiger partial charge in [-0.15, -0.1) is 10.2 Å². The molecule has 118 valence electrons. The van der Waals surface area contributed by atoms with Crippen LogP contribution in [0.2, 0.25) is 0 Å². The molecule has 0 saturated carbocycles. The van der Waals surface area contributed by atoms with E-state index in [4.69, 9.17) is 14.8 Å². The van der Waals surface area contributed by atoms with E-state index in [0.717, 1.165) is 0 Å². The minimum absolute atomic E-state index is 0.107. The summed E-state index contributed by atoms with van der Waals surface area (Å²) in [5, 5.41) is 45.6. The average Bonchev–Trinajstić information content (AvgIpc) is 3.05. The molecule has 0 radical (unpaired) electrons. The van der Waals surface area contributed by atoms with Gasteiger partial charge in [0, 0.05) is 35.4 Å². The van der Waals surface area contributed by atoms with Gasteiger partial charge in [-0.25, -0.2) is 10.4 Å². The third-order valence-electron chi connectivity index (χ3n) is 3.14. The fraction of sp³-hybridized carbons (Fsp3) is 0.